The van der Waals surface area contributed by atoms with E-state index in [1.54, 1.807) is 7.05 Å². The van der Waals surface area contributed by atoms with E-state index >= 15 is 0 Å². The van der Waals surface area contributed by atoms with Crippen LogP contribution >= 0.6 is 0 Å². The molecule has 108 valence electrons. The zero-order chi connectivity index (χ0) is 13.8. The molecular weight excluding hydrogens is 246 g/mol. The van der Waals surface area contributed by atoms with E-state index in [9.17, 15) is 9.59 Å². The molecule has 0 spiro atoms. The van der Waals surface area contributed by atoms with Crippen molar-refractivity contribution >= 4 is 11.8 Å². The van der Waals surface area contributed by atoms with E-state index in [2.05, 4.69) is 5.32 Å². The van der Waals surface area contributed by atoms with Crippen molar-refractivity contribution in [1.82, 2.24) is 15.1 Å². The van der Waals surface area contributed by atoms with Crippen molar-refractivity contribution in [2.24, 2.45) is 5.92 Å². The maximum absolute atomic E-state index is 12.2. The highest BCUT2D eigenvalue weighted by molar-refractivity contribution is 5.86. The summed E-state index contributed by atoms with van der Waals surface area (Å²) in [6.07, 6.45) is 0.900. The van der Waals surface area contributed by atoms with E-state index in [-0.39, 0.29) is 30.4 Å². The second-order valence-electron chi connectivity index (χ2n) is 5.40. The van der Waals surface area contributed by atoms with Gasteiger partial charge >= 0.3 is 0 Å². The van der Waals surface area contributed by atoms with Gasteiger partial charge in [0.25, 0.3) is 0 Å². The number of carbonyl (C=O) groups excluding carboxylic acids is 2. The molecule has 2 atom stereocenters. The lowest BCUT2D eigenvalue weighted by Crippen LogP contribution is -2.50. The van der Waals surface area contributed by atoms with Gasteiger partial charge < -0.3 is 19.9 Å². The molecule has 0 aromatic carbocycles. The molecule has 2 aliphatic heterocycles. The van der Waals surface area contributed by atoms with Gasteiger partial charge in [0.15, 0.2) is 0 Å². The molecule has 2 unspecified atom stereocenters. The van der Waals surface area contributed by atoms with Crippen LogP contribution in [-0.4, -0.2) is 74.1 Å². The van der Waals surface area contributed by atoms with Crippen molar-refractivity contribution in [3.05, 3.63) is 0 Å². The fourth-order valence-corrected chi connectivity index (χ4v) is 2.60. The number of nitrogens with zero attached hydrogens (tertiary/aromatic N) is 2. The van der Waals surface area contributed by atoms with Gasteiger partial charge in [0, 0.05) is 33.2 Å². The Morgan fingerprint density at radius 1 is 1.37 bits per heavy atom. The normalized spacial score (nSPS) is 27.4. The summed E-state index contributed by atoms with van der Waals surface area (Å²) >= 11 is 0. The number of ether oxygens (including phenoxy) is 1. The topological polar surface area (TPSA) is 61.9 Å². The Bertz CT molecular complexity index is 342. The first kappa shape index (κ1) is 14.3. The molecule has 19 heavy (non-hydrogen) atoms. The van der Waals surface area contributed by atoms with Crippen LogP contribution in [0.2, 0.25) is 0 Å². The maximum Gasteiger partial charge on any atom is 0.242 e. The quantitative estimate of drug-likeness (QED) is 0.736. The number of likely N-dealkylation sites (N-methyl/N-ethyl adjacent to an activating group) is 1. The second-order valence-corrected chi connectivity index (χ2v) is 5.40. The smallest absolute Gasteiger partial charge is 0.242 e. The molecule has 2 aliphatic rings. The Morgan fingerprint density at radius 3 is 2.63 bits per heavy atom. The molecule has 2 fully saturated rings. The Kier molecular flexibility index (Phi) is 4.76. The van der Waals surface area contributed by atoms with Gasteiger partial charge in [-0.1, -0.05) is 0 Å². The zero-order valence-corrected chi connectivity index (χ0v) is 11.7. The first-order valence-electron chi connectivity index (χ1n) is 6.93. The molecule has 0 radical (unpaired) electrons. The van der Waals surface area contributed by atoms with Gasteiger partial charge in [0.2, 0.25) is 11.8 Å². The van der Waals surface area contributed by atoms with Crippen molar-refractivity contribution in [1.29, 1.82) is 0 Å². The van der Waals surface area contributed by atoms with Crippen molar-refractivity contribution in [2.45, 2.75) is 19.4 Å². The number of hydrogen-bond donors (Lipinski definition) is 1. The van der Waals surface area contributed by atoms with Gasteiger partial charge in [-0.2, -0.15) is 0 Å². The average Bonchev–Trinajstić information content (AvgIpc) is 2.85. The van der Waals surface area contributed by atoms with Crippen molar-refractivity contribution in [2.75, 3.05) is 46.4 Å². The Balaban J connectivity index is 1.80. The average molecular weight is 269 g/mol. The van der Waals surface area contributed by atoms with Crippen molar-refractivity contribution in [3.63, 3.8) is 0 Å². The van der Waals surface area contributed by atoms with E-state index in [0.717, 1.165) is 32.6 Å². The van der Waals surface area contributed by atoms with E-state index in [4.69, 9.17) is 4.74 Å². The van der Waals surface area contributed by atoms with E-state index in [0.29, 0.717) is 6.61 Å². The molecule has 1 N–H and O–H groups in total. The highest BCUT2D eigenvalue weighted by Gasteiger charge is 2.31. The van der Waals surface area contributed by atoms with Crippen LogP contribution in [0.1, 0.15) is 13.3 Å². The van der Waals surface area contributed by atoms with Crippen molar-refractivity contribution < 1.29 is 14.3 Å². The van der Waals surface area contributed by atoms with Crippen LogP contribution in [0.4, 0.5) is 0 Å². The molecule has 2 heterocycles. The SMILES string of the molecule is CC1CC(C(=O)N(C)CC(=O)N2CCNCC2)CO1. The molecule has 6 nitrogen and oxygen atoms in total. The lowest BCUT2D eigenvalue weighted by Gasteiger charge is -2.29. The first-order chi connectivity index (χ1) is 9.08. The summed E-state index contributed by atoms with van der Waals surface area (Å²) in [5.41, 5.74) is 0. The maximum atomic E-state index is 12.2. The minimum Gasteiger partial charge on any atom is -0.378 e. The third-order valence-electron chi connectivity index (χ3n) is 3.77. The minimum atomic E-state index is -0.0872. The monoisotopic (exact) mass is 269 g/mol. The molecule has 0 aromatic rings. The first-order valence-corrected chi connectivity index (χ1v) is 6.93. The van der Waals surface area contributed by atoms with Crippen LogP contribution in [0.25, 0.3) is 0 Å². The number of amides is 2. The van der Waals surface area contributed by atoms with Crippen LogP contribution in [0, 0.1) is 5.92 Å². The van der Waals surface area contributed by atoms with Gasteiger partial charge in [-0.15, -0.1) is 0 Å². The number of hydrogen-bond acceptors (Lipinski definition) is 4. The Morgan fingerprint density at radius 2 is 2.05 bits per heavy atom. The molecule has 2 saturated heterocycles. The number of nitrogens with one attached hydrogen (secondary N) is 1. The fraction of sp³-hybridized carbons (Fsp3) is 0.846. The zero-order valence-electron chi connectivity index (χ0n) is 11.7. The van der Waals surface area contributed by atoms with E-state index in [1.807, 2.05) is 11.8 Å². The molecule has 0 saturated carbocycles. The molecule has 2 rings (SSSR count). The van der Waals surface area contributed by atoms with Crippen LogP contribution in [0.3, 0.4) is 0 Å². The molecule has 0 aromatic heterocycles. The fourth-order valence-electron chi connectivity index (χ4n) is 2.60. The highest BCUT2D eigenvalue weighted by atomic mass is 16.5. The second kappa shape index (κ2) is 6.34. The lowest BCUT2D eigenvalue weighted by atomic mass is 10.1. The highest BCUT2D eigenvalue weighted by Crippen LogP contribution is 2.20. The summed E-state index contributed by atoms with van der Waals surface area (Å²) in [4.78, 5) is 27.6. The van der Waals surface area contributed by atoms with Gasteiger partial charge in [-0.05, 0) is 13.3 Å². The van der Waals surface area contributed by atoms with Gasteiger partial charge in [-0.3, -0.25) is 9.59 Å². The summed E-state index contributed by atoms with van der Waals surface area (Å²) < 4.78 is 5.41. The molecule has 6 heteroatoms. The summed E-state index contributed by atoms with van der Waals surface area (Å²) in [5, 5.41) is 3.20. The number of piperazine rings is 1. The predicted octanol–water partition coefficient (Wildman–Crippen LogP) is -0.698. The molecule has 0 aliphatic carbocycles. The third kappa shape index (κ3) is 3.67. The van der Waals surface area contributed by atoms with Gasteiger partial charge in [0.05, 0.1) is 25.2 Å². The summed E-state index contributed by atoms with van der Waals surface area (Å²) in [5.74, 6) is -0.0343. The third-order valence-corrected chi connectivity index (χ3v) is 3.77. The van der Waals surface area contributed by atoms with E-state index < -0.39 is 0 Å². The Hall–Kier alpha value is -1.14. The number of rotatable bonds is 3. The van der Waals surface area contributed by atoms with Crippen LogP contribution < -0.4 is 5.32 Å². The minimum absolute atomic E-state index is 0.0211. The summed E-state index contributed by atoms with van der Waals surface area (Å²) in [7, 11) is 1.70. The van der Waals surface area contributed by atoms with Crippen LogP contribution in [0.5, 0.6) is 0 Å². The number of carbonyl (C=O) groups is 2. The standard InChI is InChI=1S/C13H23N3O3/c1-10-7-11(9-19-10)13(18)15(2)8-12(17)16-5-3-14-4-6-16/h10-11,14H,3-9H2,1-2H3. The van der Waals surface area contributed by atoms with Crippen LogP contribution in [-0.2, 0) is 14.3 Å². The Labute approximate surface area is 114 Å². The molecule has 0 bridgehead atoms. The summed E-state index contributed by atoms with van der Waals surface area (Å²) in [6.45, 7) is 5.73. The van der Waals surface area contributed by atoms with Crippen LogP contribution in [0.15, 0.2) is 0 Å². The molecule has 2 amide bonds. The lowest BCUT2D eigenvalue weighted by molar-refractivity contribution is -0.142. The molecular formula is C13H23N3O3. The summed E-state index contributed by atoms with van der Waals surface area (Å²) in [6, 6.07) is 0. The van der Waals surface area contributed by atoms with Crippen molar-refractivity contribution in [3.8, 4) is 0 Å². The largest absolute Gasteiger partial charge is 0.378 e. The predicted molar refractivity (Wildman–Crippen MR) is 70.6 cm³/mol. The van der Waals surface area contributed by atoms with E-state index in [1.165, 1.54) is 4.90 Å². The van der Waals surface area contributed by atoms with Gasteiger partial charge in [-0.25, -0.2) is 0 Å². The van der Waals surface area contributed by atoms with Gasteiger partial charge in [0.1, 0.15) is 0 Å².